The van der Waals surface area contributed by atoms with E-state index < -0.39 is 5.91 Å². The molecular formula is C22H18N2O3. The molecule has 3 aromatic rings. The molecule has 0 saturated carbocycles. The molecule has 0 spiro atoms. The van der Waals surface area contributed by atoms with E-state index in [1.54, 1.807) is 30.3 Å². The van der Waals surface area contributed by atoms with E-state index >= 15 is 0 Å². The predicted molar refractivity (Wildman–Crippen MR) is 101 cm³/mol. The molecule has 0 atom stereocenters. The van der Waals surface area contributed by atoms with Crippen LogP contribution in [-0.4, -0.2) is 5.91 Å². The third-order valence-corrected chi connectivity index (χ3v) is 3.81. The monoisotopic (exact) mass is 358 g/mol. The summed E-state index contributed by atoms with van der Waals surface area (Å²) in [5.74, 6) is 0.899. The summed E-state index contributed by atoms with van der Waals surface area (Å²) in [6.07, 6.45) is 3.07. The third-order valence-electron chi connectivity index (χ3n) is 3.81. The van der Waals surface area contributed by atoms with Gasteiger partial charge in [-0.05, 0) is 41.5 Å². The number of amides is 1. The lowest BCUT2D eigenvalue weighted by Crippen LogP contribution is -2.23. The summed E-state index contributed by atoms with van der Waals surface area (Å²) in [5, 5.41) is 11.9. The maximum Gasteiger partial charge on any atom is 0.262 e. The van der Waals surface area contributed by atoms with Crippen LogP contribution in [0, 0.1) is 11.3 Å². The Labute approximate surface area is 157 Å². The summed E-state index contributed by atoms with van der Waals surface area (Å²) in [6, 6.07) is 22.5. The average molecular weight is 358 g/mol. The summed E-state index contributed by atoms with van der Waals surface area (Å²) in [6.45, 7) is 0.714. The van der Waals surface area contributed by atoms with Crippen molar-refractivity contribution >= 4 is 12.0 Å². The van der Waals surface area contributed by atoms with E-state index in [9.17, 15) is 10.1 Å². The van der Waals surface area contributed by atoms with Gasteiger partial charge in [0.1, 0.15) is 29.8 Å². The fraction of sp³-hybridized carbons (Fsp3) is 0.0909. The molecule has 0 radical (unpaired) electrons. The lowest BCUT2D eigenvalue weighted by Gasteiger charge is -2.06. The maximum absolute atomic E-state index is 12.1. The topological polar surface area (TPSA) is 75.3 Å². The SMILES string of the molecule is N#C/C(=C\c1ccc(OCc2ccccc2)cc1)C(=O)NCc1ccco1. The number of nitrogens with one attached hydrogen (secondary N) is 1. The summed E-state index contributed by atoms with van der Waals surface area (Å²) in [7, 11) is 0. The first-order valence-corrected chi connectivity index (χ1v) is 8.44. The zero-order valence-corrected chi connectivity index (χ0v) is 14.6. The van der Waals surface area contributed by atoms with Crippen molar-refractivity contribution in [3.05, 3.63) is 95.5 Å². The predicted octanol–water partition coefficient (Wildman–Crippen LogP) is 4.08. The number of rotatable bonds is 7. The number of hydrogen-bond donors (Lipinski definition) is 1. The van der Waals surface area contributed by atoms with Gasteiger partial charge >= 0.3 is 0 Å². The minimum atomic E-state index is -0.446. The van der Waals surface area contributed by atoms with Gasteiger partial charge < -0.3 is 14.5 Å². The molecule has 1 amide bonds. The molecule has 1 N–H and O–H groups in total. The molecule has 5 heteroatoms. The smallest absolute Gasteiger partial charge is 0.262 e. The van der Waals surface area contributed by atoms with Gasteiger partial charge in [0, 0.05) is 0 Å². The molecular weight excluding hydrogens is 340 g/mol. The molecule has 0 unspecified atom stereocenters. The molecule has 134 valence electrons. The van der Waals surface area contributed by atoms with E-state index in [1.165, 1.54) is 6.26 Å². The van der Waals surface area contributed by atoms with Crippen LogP contribution < -0.4 is 10.1 Å². The van der Waals surface area contributed by atoms with Crippen LogP contribution in [-0.2, 0) is 17.9 Å². The van der Waals surface area contributed by atoms with Gasteiger partial charge in [-0.1, -0.05) is 42.5 Å². The van der Waals surface area contributed by atoms with E-state index in [-0.39, 0.29) is 12.1 Å². The molecule has 2 aromatic carbocycles. The number of hydrogen-bond acceptors (Lipinski definition) is 4. The average Bonchev–Trinajstić information content (AvgIpc) is 3.24. The van der Waals surface area contributed by atoms with Gasteiger partial charge in [-0.15, -0.1) is 0 Å². The largest absolute Gasteiger partial charge is 0.489 e. The highest BCUT2D eigenvalue weighted by molar-refractivity contribution is 6.01. The van der Waals surface area contributed by atoms with Crippen LogP contribution in [0.3, 0.4) is 0 Å². The zero-order valence-electron chi connectivity index (χ0n) is 14.6. The van der Waals surface area contributed by atoms with Gasteiger partial charge in [-0.25, -0.2) is 0 Å². The second kappa shape index (κ2) is 9.07. The summed E-state index contributed by atoms with van der Waals surface area (Å²) < 4.78 is 10.9. The Bertz CT molecular complexity index is 937. The Morgan fingerprint density at radius 1 is 1.07 bits per heavy atom. The lowest BCUT2D eigenvalue weighted by molar-refractivity contribution is -0.117. The van der Waals surface area contributed by atoms with Crippen LogP contribution in [0.1, 0.15) is 16.9 Å². The van der Waals surface area contributed by atoms with Crippen molar-refractivity contribution in [2.45, 2.75) is 13.2 Å². The van der Waals surface area contributed by atoms with Crippen molar-refractivity contribution < 1.29 is 13.9 Å². The first-order valence-electron chi connectivity index (χ1n) is 8.44. The van der Waals surface area contributed by atoms with Crippen molar-refractivity contribution in [3.63, 3.8) is 0 Å². The quantitative estimate of drug-likeness (QED) is 0.510. The standard InChI is InChI=1S/C22H18N2O3/c23-14-19(22(25)24-15-21-7-4-12-26-21)13-17-8-10-20(11-9-17)27-16-18-5-2-1-3-6-18/h1-13H,15-16H2,(H,24,25)/b19-13+. The number of carbonyl (C=O) groups excluding carboxylic acids is 1. The van der Waals surface area contributed by atoms with Crippen LogP contribution in [0.4, 0.5) is 0 Å². The highest BCUT2D eigenvalue weighted by Gasteiger charge is 2.09. The van der Waals surface area contributed by atoms with Crippen LogP contribution in [0.15, 0.2) is 83.0 Å². The first-order chi connectivity index (χ1) is 13.2. The second-order valence-corrected chi connectivity index (χ2v) is 5.78. The molecule has 1 heterocycles. The van der Waals surface area contributed by atoms with Crippen molar-refractivity contribution in [2.24, 2.45) is 0 Å². The summed E-state index contributed by atoms with van der Waals surface area (Å²) in [4.78, 5) is 12.1. The molecule has 27 heavy (non-hydrogen) atoms. The normalized spacial score (nSPS) is 10.9. The van der Waals surface area contributed by atoms with E-state index in [0.717, 1.165) is 16.9 Å². The number of ether oxygens (including phenoxy) is 1. The molecule has 5 nitrogen and oxygen atoms in total. The van der Waals surface area contributed by atoms with Gasteiger partial charge in [0.15, 0.2) is 0 Å². The van der Waals surface area contributed by atoms with Crippen molar-refractivity contribution in [2.75, 3.05) is 0 Å². The number of nitriles is 1. The highest BCUT2D eigenvalue weighted by Crippen LogP contribution is 2.16. The molecule has 3 rings (SSSR count). The van der Waals surface area contributed by atoms with Crippen LogP contribution in [0.25, 0.3) is 6.08 Å². The molecule has 0 aliphatic carbocycles. The third kappa shape index (κ3) is 5.35. The Balaban J connectivity index is 1.59. The molecule has 0 saturated heterocycles. The highest BCUT2D eigenvalue weighted by atomic mass is 16.5. The van der Waals surface area contributed by atoms with Gasteiger partial charge in [-0.3, -0.25) is 4.79 Å². The van der Waals surface area contributed by atoms with Gasteiger partial charge in [0.25, 0.3) is 5.91 Å². The number of furan rings is 1. The van der Waals surface area contributed by atoms with E-state index in [1.807, 2.05) is 48.5 Å². The van der Waals surface area contributed by atoms with E-state index in [4.69, 9.17) is 9.15 Å². The molecule has 0 bridgehead atoms. The number of nitrogens with zero attached hydrogens (tertiary/aromatic N) is 1. The number of carbonyl (C=O) groups is 1. The van der Waals surface area contributed by atoms with E-state index in [0.29, 0.717) is 12.4 Å². The summed E-state index contributed by atoms with van der Waals surface area (Å²) >= 11 is 0. The fourth-order valence-corrected chi connectivity index (χ4v) is 2.39. The van der Waals surface area contributed by atoms with Crippen LogP contribution >= 0.6 is 0 Å². The Morgan fingerprint density at radius 2 is 1.85 bits per heavy atom. The Morgan fingerprint density at radius 3 is 2.52 bits per heavy atom. The Hall–Kier alpha value is -3.78. The minimum absolute atomic E-state index is 0.0273. The minimum Gasteiger partial charge on any atom is -0.489 e. The van der Waals surface area contributed by atoms with Crippen molar-refractivity contribution in [1.82, 2.24) is 5.32 Å². The fourth-order valence-electron chi connectivity index (χ4n) is 2.39. The van der Waals surface area contributed by atoms with Gasteiger partial charge in [-0.2, -0.15) is 5.26 Å². The van der Waals surface area contributed by atoms with Crippen LogP contribution in [0.5, 0.6) is 5.75 Å². The first kappa shape index (κ1) is 18.0. The molecule has 0 fully saturated rings. The summed E-state index contributed by atoms with van der Waals surface area (Å²) in [5.41, 5.74) is 1.85. The lowest BCUT2D eigenvalue weighted by atomic mass is 10.1. The molecule has 0 aliphatic rings. The van der Waals surface area contributed by atoms with Crippen LogP contribution in [0.2, 0.25) is 0 Å². The van der Waals surface area contributed by atoms with Gasteiger partial charge in [0.2, 0.25) is 0 Å². The van der Waals surface area contributed by atoms with E-state index in [2.05, 4.69) is 5.32 Å². The van der Waals surface area contributed by atoms with Gasteiger partial charge in [0.05, 0.1) is 12.8 Å². The second-order valence-electron chi connectivity index (χ2n) is 5.78. The van der Waals surface area contributed by atoms with Crippen molar-refractivity contribution in [1.29, 1.82) is 5.26 Å². The Kier molecular flexibility index (Phi) is 6.05. The maximum atomic E-state index is 12.1. The van der Waals surface area contributed by atoms with Crippen molar-refractivity contribution in [3.8, 4) is 11.8 Å². The molecule has 1 aromatic heterocycles. The molecule has 0 aliphatic heterocycles. The zero-order chi connectivity index (χ0) is 18.9. The number of benzene rings is 2.